The van der Waals surface area contributed by atoms with Crippen molar-refractivity contribution >= 4 is 23.2 Å². The molecule has 42 heavy (non-hydrogen) atoms. The Morgan fingerprint density at radius 3 is 2.50 bits per heavy atom. The number of carbonyl (C=O) groups excluding carboxylic acids is 2. The molecule has 1 fully saturated rings. The van der Waals surface area contributed by atoms with Crippen molar-refractivity contribution in [3.05, 3.63) is 83.4 Å². The minimum absolute atomic E-state index is 0.163. The van der Waals surface area contributed by atoms with Crippen molar-refractivity contribution in [3.63, 3.8) is 0 Å². The Morgan fingerprint density at radius 2 is 1.76 bits per heavy atom. The van der Waals surface area contributed by atoms with Gasteiger partial charge in [0.1, 0.15) is 6.10 Å². The molecular weight excluding hydrogens is 534 g/mol. The number of benzene rings is 3. The standard InChI is InChI=1S/C33H33N3O6/c1-3-39-32-35-29-15-9-14-28(31(37)40-22(2)41-33(38)42-26-11-5-4-6-12-26)30(29)36(32)21-23-16-18-24(19-17-23)27-13-8-7-10-25(27)20-34/h7-10,13-19,22,26H,3-6,11-12,21H2,1-2H3. The summed E-state index contributed by atoms with van der Waals surface area (Å²) in [4.78, 5) is 30.2. The molecule has 1 aliphatic carbocycles. The number of carbonyl (C=O) groups is 2. The van der Waals surface area contributed by atoms with Crippen molar-refractivity contribution in [2.24, 2.45) is 0 Å². The second-order valence-electron chi connectivity index (χ2n) is 10.2. The van der Waals surface area contributed by atoms with Crippen LogP contribution in [0.2, 0.25) is 0 Å². The summed E-state index contributed by atoms with van der Waals surface area (Å²) in [5, 5.41) is 9.48. The van der Waals surface area contributed by atoms with Crippen LogP contribution < -0.4 is 4.74 Å². The molecule has 0 amide bonds. The molecule has 0 N–H and O–H groups in total. The lowest BCUT2D eigenvalue weighted by atomic mass is 9.98. The predicted octanol–water partition coefficient (Wildman–Crippen LogP) is 7.01. The summed E-state index contributed by atoms with van der Waals surface area (Å²) in [6, 6.07) is 23.1. The maximum absolute atomic E-state index is 13.3. The van der Waals surface area contributed by atoms with Crippen LogP contribution in [0.15, 0.2) is 66.7 Å². The van der Waals surface area contributed by atoms with Gasteiger partial charge < -0.3 is 18.9 Å². The molecule has 1 saturated carbocycles. The fraction of sp³-hybridized carbons (Fsp3) is 0.333. The lowest BCUT2D eigenvalue weighted by molar-refractivity contribution is -0.0914. The van der Waals surface area contributed by atoms with E-state index in [4.69, 9.17) is 18.9 Å². The number of imidazole rings is 1. The fourth-order valence-corrected chi connectivity index (χ4v) is 5.24. The van der Waals surface area contributed by atoms with Crippen molar-refractivity contribution in [3.8, 4) is 23.2 Å². The van der Waals surface area contributed by atoms with Gasteiger partial charge in [-0.25, -0.2) is 9.59 Å². The molecule has 0 saturated heterocycles. The first kappa shape index (κ1) is 28.7. The number of ether oxygens (including phenoxy) is 4. The van der Waals surface area contributed by atoms with E-state index in [9.17, 15) is 14.9 Å². The number of hydrogen-bond donors (Lipinski definition) is 0. The third kappa shape index (κ3) is 6.55. The molecule has 216 valence electrons. The molecule has 1 aromatic heterocycles. The Balaban J connectivity index is 1.36. The van der Waals surface area contributed by atoms with Gasteiger partial charge in [-0.2, -0.15) is 10.2 Å². The third-order valence-electron chi connectivity index (χ3n) is 7.23. The van der Waals surface area contributed by atoms with E-state index in [0.717, 1.165) is 48.8 Å². The van der Waals surface area contributed by atoms with Gasteiger partial charge in [0, 0.05) is 6.92 Å². The molecule has 0 spiro atoms. The Labute approximate surface area is 244 Å². The minimum Gasteiger partial charge on any atom is -0.465 e. The Hall–Kier alpha value is -4.84. The predicted molar refractivity (Wildman–Crippen MR) is 156 cm³/mol. The maximum Gasteiger partial charge on any atom is 0.511 e. The average molecular weight is 568 g/mol. The molecule has 9 heteroatoms. The largest absolute Gasteiger partial charge is 0.511 e. The van der Waals surface area contributed by atoms with Gasteiger partial charge in [0.2, 0.25) is 6.29 Å². The molecule has 0 radical (unpaired) electrons. The van der Waals surface area contributed by atoms with Crippen LogP contribution in [0.1, 0.15) is 67.4 Å². The third-order valence-corrected chi connectivity index (χ3v) is 7.23. The first-order valence-electron chi connectivity index (χ1n) is 14.3. The smallest absolute Gasteiger partial charge is 0.465 e. The van der Waals surface area contributed by atoms with Gasteiger partial charge in [-0.1, -0.05) is 55.0 Å². The van der Waals surface area contributed by atoms with Crippen LogP contribution in [0, 0.1) is 11.3 Å². The van der Waals surface area contributed by atoms with E-state index in [1.54, 1.807) is 24.3 Å². The summed E-state index contributed by atoms with van der Waals surface area (Å²) in [5.41, 5.74) is 4.71. The normalized spacial score (nSPS) is 14.1. The Bertz CT molecular complexity index is 1600. The molecular formula is C33H33N3O6. The van der Waals surface area contributed by atoms with Gasteiger partial charge in [0.05, 0.1) is 41.4 Å². The molecule has 1 atom stereocenters. The van der Waals surface area contributed by atoms with E-state index >= 15 is 0 Å². The van der Waals surface area contributed by atoms with Crippen molar-refractivity contribution in [2.75, 3.05) is 6.61 Å². The highest BCUT2D eigenvalue weighted by atomic mass is 16.8. The topological polar surface area (TPSA) is 113 Å². The Kier molecular flexibility index (Phi) is 9.02. The molecule has 4 aromatic rings. The number of rotatable bonds is 9. The van der Waals surface area contributed by atoms with Gasteiger partial charge in [-0.05, 0) is 67.5 Å². The first-order valence-corrected chi connectivity index (χ1v) is 14.3. The number of aromatic nitrogens is 2. The van der Waals surface area contributed by atoms with Crippen LogP contribution in [0.25, 0.3) is 22.2 Å². The minimum atomic E-state index is -1.14. The highest BCUT2D eigenvalue weighted by molar-refractivity contribution is 6.02. The number of hydrogen-bond acceptors (Lipinski definition) is 8. The van der Waals surface area contributed by atoms with E-state index in [1.165, 1.54) is 6.92 Å². The maximum atomic E-state index is 13.3. The zero-order valence-corrected chi connectivity index (χ0v) is 23.7. The summed E-state index contributed by atoms with van der Waals surface area (Å²) in [5.74, 6) is -0.661. The summed E-state index contributed by atoms with van der Waals surface area (Å²) < 4.78 is 23.8. The van der Waals surface area contributed by atoms with E-state index in [1.807, 2.05) is 54.0 Å². The van der Waals surface area contributed by atoms with Crippen LogP contribution in [0.3, 0.4) is 0 Å². The second kappa shape index (κ2) is 13.2. The second-order valence-corrected chi connectivity index (χ2v) is 10.2. The molecule has 9 nitrogen and oxygen atoms in total. The first-order chi connectivity index (χ1) is 20.5. The molecule has 0 bridgehead atoms. The van der Waals surface area contributed by atoms with E-state index in [2.05, 4.69) is 11.1 Å². The lowest BCUT2D eigenvalue weighted by Crippen LogP contribution is -2.26. The zero-order chi connectivity index (χ0) is 29.5. The van der Waals surface area contributed by atoms with Crippen molar-refractivity contribution < 1.29 is 28.5 Å². The summed E-state index contributed by atoms with van der Waals surface area (Å²) in [7, 11) is 0. The Morgan fingerprint density at radius 1 is 1.00 bits per heavy atom. The molecule has 1 heterocycles. The van der Waals surface area contributed by atoms with Crippen molar-refractivity contribution in [1.82, 2.24) is 9.55 Å². The average Bonchev–Trinajstić information content (AvgIpc) is 3.34. The fourth-order valence-electron chi connectivity index (χ4n) is 5.24. The van der Waals surface area contributed by atoms with E-state index < -0.39 is 18.4 Å². The van der Waals surface area contributed by atoms with E-state index in [-0.39, 0.29) is 11.7 Å². The molecule has 3 aromatic carbocycles. The highest BCUT2D eigenvalue weighted by Crippen LogP contribution is 2.29. The van der Waals surface area contributed by atoms with E-state index in [0.29, 0.717) is 35.8 Å². The number of nitriles is 1. The van der Waals surface area contributed by atoms with Crippen molar-refractivity contribution in [1.29, 1.82) is 5.26 Å². The number of nitrogens with zero attached hydrogens (tertiary/aromatic N) is 3. The van der Waals surface area contributed by atoms with Gasteiger partial charge in [0.15, 0.2) is 0 Å². The van der Waals surface area contributed by atoms with Gasteiger partial charge in [0.25, 0.3) is 6.01 Å². The molecule has 5 rings (SSSR count). The quantitative estimate of drug-likeness (QED) is 0.157. The number of para-hydroxylation sites is 1. The number of esters is 1. The van der Waals surface area contributed by atoms with Crippen LogP contribution in [0.4, 0.5) is 4.79 Å². The van der Waals surface area contributed by atoms with Gasteiger partial charge >= 0.3 is 12.1 Å². The number of fused-ring (bicyclic) bond motifs is 1. The molecule has 0 aliphatic heterocycles. The monoisotopic (exact) mass is 567 g/mol. The van der Waals surface area contributed by atoms with Crippen LogP contribution >= 0.6 is 0 Å². The highest BCUT2D eigenvalue weighted by Gasteiger charge is 2.25. The summed E-state index contributed by atoms with van der Waals surface area (Å²) in [6.07, 6.45) is 2.65. The van der Waals surface area contributed by atoms with Crippen LogP contribution in [-0.2, 0) is 20.8 Å². The SMILES string of the molecule is CCOc1nc2cccc(C(=O)OC(C)OC(=O)OC3CCCCC3)c2n1Cc1ccc(-c2ccccc2C#N)cc1. The molecule has 1 unspecified atom stereocenters. The van der Waals surface area contributed by atoms with Crippen LogP contribution in [-0.4, -0.2) is 40.7 Å². The van der Waals surface area contributed by atoms with Crippen LogP contribution in [0.5, 0.6) is 6.01 Å². The van der Waals surface area contributed by atoms with Gasteiger partial charge in [-0.3, -0.25) is 4.57 Å². The lowest BCUT2D eigenvalue weighted by Gasteiger charge is -2.22. The van der Waals surface area contributed by atoms with Gasteiger partial charge in [-0.15, -0.1) is 0 Å². The summed E-state index contributed by atoms with van der Waals surface area (Å²) in [6.45, 7) is 4.11. The zero-order valence-electron chi connectivity index (χ0n) is 23.7. The molecule has 1 aliphatic rings. The summed E-state index contributed by atoms with van der Waals surface area (Å²) >= 11 is 0. The van der Waals surface area contributed by atoms with Crippen molar-refractivity contribution in [2.45, 2.75) is 64.9 Å².